The second-order valence-electron chi connectivity index (χ2n) is 5.26. The summed E-state index contributed by atoms with van der Waals surface area (Å²) in [6.07, 6.45) is 1.23. The van der Waals surface area contributed by atoms with Crippen molar-refractivity contribution in [1.82, 2.24) is 9.80 Å². The van der Waals surface area contributed by atoms with Gasteiger partial charge in [0.05, 0.1) is 7.11 Å². The van der Waals surface area contributed by atoms with Crippen LogP contribution in [0.2, 0.25) is 0 Å². The van der Waals surface area contributed by atoms with Gasteiger partial charge >= 0.3 is 0 Å². The Morgan fingerprint density at radius 3 is 2.95 bits per heavy atom. The van der Waals surface area contributed by atoms with Crippen LogP contribution in [-0.4, -0.2) is 56.2 Å². The maximum atomic E-state index is 5.62. The maximum absolute atomic E-state index is 5.62. The van der Waals surface area contributed by atoms with Crippen molar-refractivity contribution in [3.05, 3.63) is 29.8 Å². The van der Waals surface area contributed by atoms with Crippen LogP contribution in [0.5, 0.6) is 5.75 Å². The van der Waals surface area contributed by atoms with Gasteiger partial charge in [0.2, 0.25) is 0 Å². The molecule has 0 saturated carbocycles. The number of hydrogen-bond donors (Lipinski definition) is 1. The number of likely N-dealkylation sites (tertiary alicyclic amines) is 1. The number of rotatable bonds is 6. The Balaban J connectivity index is 1.91. The third-order valence-corrected chi connectivity index (χ3v) is 3.94. The molecule has 0 aromatic heterocycles. The van der Waals surface area contributed by atoms with Crippen LogP contribution in [0.1, 0.15) is 12.0 Å². The first-order valence-electron chi connectivity index (χ1n) is 6.99. The molecule has 1 aliphatic rings. The molecule has 1 saturated heterocycles. The van der Waals surface area contributed by atoms with Gasteiger partial charge in [-0.1, -0.05) is 18.2 Å². The van der Waals surface area contributed by atoms with Crippen LogP contribution in [0.4, 0.5) is 0 Å². The normalized spacial score (nSPS) is 20.1. The van der Waals surface area contributed by atoms with Crippen molar-refractivity contribution in [2.24, 2.45) is 5.73 Å². The lowest BCUT2D eigenvalue weighted by Crippen LogP contribution is -2.37. The quantitative estimate of drug-likeness (QED) is 0.836. The molecule has 4 heteroatoms. The van der Waals surface area contributed by atoms with Gasteiger partial charge in [-0.05, 0) is 19.5 Å². The Labute approximate surface area is 116 Å². The molecule has 106 valence electrons. The Bertz CT molecular complexity index is 397. The first-order chi connectivity index (χ1) is 9.24. The second kappa shape index (κ2) is 6.89. The first kappa shape index (κ1) is 14.3. The minimum Gasteiger partial charge on any atom is -0.496 e. The molecule has 19 heavy (non-hydrogen) atoms. The van der Waals surface area contributed by atoms with Crippen molar-refractivity contribution in [3.8, 4) is 5.75 Å². The van der Waals surface area contributed by atoms with Crippen LogP contribution in [0.3, 0.4) is 0 Å². The smallest absolute Gasteiger partial charge is 0.123 e. The molecule has 1 aliphatic heterocycles. The summed E-state index contributed by atoms with van der Waals surface area (Å²) in [6, 6.07) is 8.91. The van der Waals surface area contributed by atoms with E-state index in [1.165, 1.54) is 12.0 Å². The number of benzene rings is 1. The molecule has 0 bridgehead atoms. The van der Waals surface area contributed by atoms with Crippen molar-refractivity contribution in [1.29, 1.82) is 0 Å². The molecule has 2 N–H and O–H groups in total. The molecule has 1 aromatic rings. The molecule has 0 radical (unpaired) electrons. The lowest BCUT2D eigenvalue weighted by molar-refractivity contribution is 0.233. The summed E-state index contributed by atoms with van der Waals surface area (Å²) in [4.78, 5) is 4.87. The van der Waals surface area contributed by atoms with Gasteiger partial charge in [0, 0.05) is 44.3 Å². The van der Waals surface area contributed by atoms with Gasteiger partial charge in [0.1, 0.15) is 5.75 Å². The summed E-state index contributed by atoms with van der Waals surface area (Å²) < 4.78 is 5.41. The number of hydrogen-bond acceptors (Lipinski definition) is 4. The van der Waals surface area contributed by atoms with E-state index in [4.69, 9.17) is 10.5 Å². The zero-order valence-electron chi connectivity index (χ0n) is 12.0. The molecular weight excluding hydrogens is 238 g/mol. The summed E-state index contributed by atoms with van der Waals surface area (Å²) in [6.45, 7) is 4.95. The average molecular weight is 263 g/mol. The first-order valence-corrected chi connectivity index (χ1v) is 6.99. The SMILES string of the molecule is COc1ccccc1CN1CCC(N(C)CCN)C1. The van der Waals surface area contributed by atoms with Crippen LogP contribution in [-0.2, 0) is 6.54 Å². The molecule has 2 rings (SSSR count). The number of nitrogens with zero attached hydrogens (tertiary/aromatic N) is 2. The van der Waals surface area contributed by atoms with Gasteiger partial charge in [-0.3, -0.25) is 4.90 Å². The Kier molecular flexibility index (Phi) is 5.19. The maximum Gasteiger partial charge on any atom is 0.123 e. The summed E-state index contributed by atoms with van der Waals surface area (Å²) >= 11 is 0. The highest BCUT2D eigenvalue weighted by molar-refractivity contribution is 5.33. The highest BCUT2D eigenvalue weighted by Gasteiger charge is 2.25. The third kappa shape index (κ3) is 3.69. The van der Waals surface area contributed by atoms with E-state index in [-0.39, 0.29) is 0 Å². The number of methoxy groups -OCH3 is 1. The summed E-state index contributed by atoms with van der Waals surface area (Å²) in [7, 11) is 3.91. The number of para-hydroxylation sites is 1. The molecule has 0 spiro atoms. The molecule has 0 aliphatic carbocycles. The van der Waals surface area contributed by atoms with Crippen molar-refractivity contribution in [2.75, 3.05) is 40.3 Å². The number of ether oxygens (including phenoxy) is 1. The lowest BCUT2D eigenvalue weighted by atomic mass is 10.2. The van der Waals surface area contributed by atoms with E-state index in [0.717, 1.165) is 38.5 Å². The fourth-order valence-electron chi connectivity index (χ4n) is 2.78. The standard InChI is InChI=1S/C15H25N3O/c1-17(10-8-16)14-7-9-18(12-14)11-13-5-3-4-6-15(13)19-2/h3-6,14H,7-12,16H2,1-2H3. The molecule has 1 aromatic carbocycles. The average Bonchev–Trinajstić information content (AvgIpc) is 2.88. The summed E-state index contributed by atoms with van der Waals surface area (Å²) in [5.74, 6) is 0.987. The van der Waals surface area contributed by atoms with Crippen molar-refractivity contribution in [2.45, 2.75) is 19.0 Å². The third-order valence-electron chi connectivity index (χ3n) is 3.94. The van der Waals surface area contributed by atoms with Crippen LogP contribution in [0.25, 0.3) is 0 Å². The van der Waals surface area contributed by atoms with Crippen LogP contribution < -0.4 is 10.5 Å². The van der Waals surface area contributed by atoms with E-state index in [1.807, 2.05) is 12.1 Å². The van der Waals surface area contributed by atoms with E-state index >= 15 is 0 Å². The van der Waals surface area contributed by atoms with Crippen LogP contribution >= 0.6 is 0 Å². The monoisotopic (exact) mass is 263 g/mol. The predicted octanol–water partition coefficient (Wildman–Crippen LogP) is 1.16. The summed E-state index contributed by atoms with van der Waals surface area (Å²) in [5, 5.41) is 0. The summed E-state index contributed by atoms with van der Waals surface area (Å²) in [5.41, 5.74) is 6.89. The van der Waals surface area contributed by atoms with Gasteiger partial charge in [0.25, 0.3) is 0 Å². The molecular formula is C15H25N3O. The van der Waals surface area contributed by atoms with Crippen molar-refractivity contribution < 1.29 is 4.74 Å². The highest BCUT2D eigenvalue weighted by atomic mass is 16.5. The van der Waals surface area contributed by atoms with Gasteiger partial charge < -0.3 is 15.4 Å². The van der Waals surface area contributed by atoms with Crippen molar-refractivity contribution in [3.63, 3.8) is 0 Å². The van der Waals surface area contributed by atoms with E-state index < -0.39 is 0 Å². The largest absolute Gasteiger partial charge is 0.496 e. The predicted molar refractivity (Wildman–Crippen MR) is 78.4 cm³/mol. The molecule has 0 amide bonds. The molecule has 1 unspecified atom stereocenters. The van der Waals surface area contributed by atoms with E-state index in [9.17, 15) is 0 Å². The van der Waals surface area contributed by atoms with Crippen LogP contribution in [0.15, 0.2) is 24.3 Å². The molecule has 4 nitrogen and oxygen atoms in total. The zero-order chi connectivity index (χ0) is 13.7. The minimum absolute atomic E-state index is 0.637. The fraction of sp³-hybridized carbons (Fsp3) is 0.600. The second-order valence-corrected chi connectivity index (χ2v) is 5.26. The van der Waals surface area contributed by atoms with Gasteiger partial charge in [-0.25, -0.2) is 0 Å². The van der Waals surface area contributed by atoms with Gasteiger partial charge in [-0.15, -0.1) is 0 Å². The molecule has 1 fully saturated rings. The van der Waals surface area contributed by atoms with Gasteiger partial charge in [-0.2, -0.15) is 0 Å². The van der Waals surface area contributed by atoms with E-state index in [1.54, 1.807) is 7.11 Å². The highest BCUT2D eigenvalue weighted by Crippen LogP contribution is 2.22. The fourth-order valence-corrected chi connectivity index (χ4v) is 2.78. The van der Waals surface area contributed by atoms with E-state index in [0.29, 0.717) is 6.04 Å². The Morgan fingerprint density at radius 1 is 1.42 bits per heavy atom. The van der Waals surface area contributed by atoms with Crippen LogP contribution in [0, 0.1) is 0 Å². The molecule has 1 atom stereocenters. The Hall–Kier alpha value is -1.10. The van der Waals surface area contributed by atoms with Gasteiger partial charge in [0.15, 0.2) is 0 Å². The number of nitrogens with two attached hydrogens (primary N) is 1. The lowest BCUT2D eigenvalue weighted by Gasteiger charge is -2.24. The Morgan fingerprint density at radius 2 is 2.21 bits per heavy atom. The number of likely N-dealkylation sites (N-methyl/N-ethyl adjacent to an activating group) is 1. The van der Waals surface area contributed by atoms with Crippen molar-refractivity contribution >= 4 is 0 Å². The zero-order valence-corrected chi connectivity index (χ0v) is 12.0. The topological polar surface area (TPSA) is 41.7 Å². The van der Waals surface area contributed by atoms with E-state index in [2.05, 4.69) is 29.0 Å². The molecule has 1 heterocycles. The minimum atomic E-state index is 0.637.